The van der Waals surface area contributed by atoms with Crippen LogP contribution in [-0.2, 0) is 0 Å². The van der Waals surface area contributed by atoms with Crippen LogP contribution in [0.4, 0.5) is 0 Å². The quantitative estimate of drug-likeness (QED) is 0.416. The second-order valence-corrected chi connectivity index (χ2v) is 32.9. The van der Waals surface area contributed by atoms with Crippen LogP contribution in [0.15, 0.2) is 0 Å². The standard InChI is InChI=1S/C4H15ClSi3/c1-2-3-4-8(5,6)7/h2-4H2,1,6-7H3. The van der Waals surface area contributed by atoms with Crippen molar-refractivity contribution >= 4 is 37.0 Å². The highest BCUT2D eigenvalue weighted by molar-refractivity contribution is 7.61. The molecular formula is C4H15ClSi3. The highest BCUT2D eigenvalue weighted by Gasteiger charge is 2.14. The van der Waals surface area contributed by atoms with Gasteiger partial charge in [-0.15, -0.1) is 0 Å². The average molecular weight is 183 g/mol. The van der Waals surface area contributed by atoms with Crippen molar-refractivity contribution in [2.45, 2.75) is 25.8 Å². The topological polar surface area (TPSA) is 0 Å². The molecule has 0 saturated heterocycles. The third kappa shape index (κ3) is 6.94. The Morgan fingerprint density at radius 2 is 2.00 bits per heavy atom. The van der Waals surface area contributed by atoms with Crippen LogP contribution in [-0.4, -0.2) is 25.9 Å². The van der Waals surface area contributed by atoms with Gasteiger partial charge in [-0.05, 0) is 6.04 Å². The molecule has 0 aliphatic carbocycles. The number of hydrogen-bond donors (Lipinski definition) is 0. The Balaban J connectivity index is 3.11. The molecule has 0 saturated carbocycles. The smallest absolute Gasteiger partial charge is 0.117 e. The van der Waals surface area contributed by atoms with Gasteiger partial charge in [-0.2, -0.15) is 11.1 Å². The number of rotatable bonds is 3. The SMILES string of the molecule is CCCC[Si]([SiH3])([SiH3])Cl. The van der Waals surface area contributed by atoms with Crippen LogP contribution in [0.25, 0.3) is 0 Å². The van der Waals surface area contributed by atoms with Gasteiger partial charge in [-0.25, -0.2) is 0 Å². The van der Waals surface area contributed by atoms with E-state index in [-0.39, 0.29) is 0 Å². The van der Waals surface area contributed by atoms with Crippen molar-refractivity contribution < 1.29 is 0 Å². The van der Waals surface area contributed by atoms with E-state index >= 15 is 0 Å². The summed E-state index contributed by atoms with van der Waals surface area (Å²) in [4.78, 5) is 0. The molecule has 0 aromatic rings. The van der Waals surface area contributed by atoms with E-state index < -0.39 is 6.42 Å². The Hall–Kier alpha value is 0.941. The van der Waals surface area contributed by atoms with E-state index in [2.05, 4.69) is 6.92 Å². The first kappa shape index (κ1) is 8.94. The molecule has 0 bridgehead atoms. The molecule has 4 heteroatoms. The molecule has 0 aliphatic heterocycles. The molecule has 0 aromatic heterocycles. The minimum absolute atomic E-state index is 0.928. The van der Waals surface area contributed by atoms with Gasteiger partial charge in [0.2, 0.25) is 0 Å². The zero-order valence-corrected chi connectivity index (χ0v) is 11.8. The van der Waals surface area contributed by atoms with Crippen molar-refractivity contribution in [3.05, 3.63) is 0 Å². The molecule has 0 atom stereocenters. The Morgan fingerprint density at radius 3 is 2.12 bits per heavy atom. The fourth-order valence-corrected chi connectivity index (χ4v) is 4.31. The molecule has 0 aliphatic rings. The molecule has 50 valence electrons. The first-order valence-electron chi connectivity index (χ1n) is 3.25. The summed E-state index contributed by atoms with van der Waals surface area (Å²) in [5.74, 6) is 0. The summed E-state index contributed by atoms with van der Waals surface area (Å²) in [6, 6.07) is 1.39. The molecule has 8 heavy (non-hydrogen) atoms. The molecule has 0 spiro atoms. The van der Waals surface area contributed by atoms with Crippen molar-refractivity contribution in [1.29, 1.82) is 0 Å². The van der Waals surface area contributed by atoms with E-state index in [4.69, 9.17) is 11.1 Å². The Bertz CT molecular complexity index is 58.8. The van der Waals surface area contributed by atoms with Gasteiger partial charge in [-0.1, -0.05) is 19.8 Å². The van der Waals surface area contributed by atoms with Gasteiger partial charge in [0.15, 0.2) is 0 Å². The lowest BCUT2D eigenvalue weighted by molar-refractivity contribution is 0.879. The lowest BCUT2D eigenvalue weighted by Gasteiger charge is -2.10. The maximum atomic E-state index is 6.17. The average Bonchev–Trinajstić information content (AvgIpc) is 1.59. The first-order chi connectivity index (χ1) is 3.56. The highest BCUT2D eigenvalue weighted by Crippen LogP contribution is 2.09. The van der Waals surface area contributed by atoms with Crippen LogP contribution in [0, 0.1) is 0 Å². The number of unbranched alkanes of at least 4 members (excludes halogenated alkanes) is 1. The van der Waals surface area contributed by atoms with Gasteiger partial charge in [0.1, 0.15) is 6.42 Å². The molecular weight excluding hydrogens is 168 g/mol. The Labute approximate surface area is 63.1 Å². The van der Waals surface area contributed by atoms with Crippen molar-refractivity contribution in [2.75, 3.05) is 0 Å². The second-order valence-electron chi connectivity index (χ2n) is 2.82. The zero-order chi connectivity index (χ0) is 6.62. The van der Waals surface area contributed by atoms with Crippen LogP contribution in [0.2, 0.25) is 6.04 Å². The lowest BCUT2D eigenvalue weighted by atomic mass is 10.4. The third-order valence-electron chi connectivity index (χ3n) is 1.12. The van der Waals surface area contributed by atoms with Crippen molar-refractivity contribution in [3.8, 4) is 0 Å². The van der Waals surface area contributed by atoms with Crippen molar-refractivity contribution in [1.82, 2.24) is 0 Å². The van der Waals surface area contributed by atoms with Crippen LogP contribution in [0.1, 0.15) is 19.8 Å². The normalized spacial score (nSPS) is 18.8. The largest absolute Gasteiger partial charge is 0.176 e. The molecule has 0 heterocycles. The summed E-state index contributed by atoms with van der Waals surface area (Å²) in [7, 11) is 2.62. The Morgan fingerprint density at radius 1 is 1.50 bits per heavy atom. The van der Waals surface area contributed by atoms with Crippen LogP contribution >= 0.6 is 11.1 Å². The van der Waals surface area contributed by atoms with Crippen molar-refractivity contribution in [2.24, 2.45) is 0 Å². The van der Waals surface area contributed by atoms with E-state index in [1.54, 1.807) is 0 Å². The summed E-state index contributed by atoms with van der Waals surface area (Å²) < 4.78 is 0. The van der Waals surface area contributed by atoms with Gasteiger partial charge in [0, 0.05) is 19.5 Å². The predicted octanol–water partition coefficient (Wildman–Crippen LogP) is -0.305. The predicted molar refractivity (Wildman–Crippen MR) is 51.2 cm³/mol. The fourth-order valence-electron chi connectivity index (χ4n) is 0.597. The van der Waals surface area contributed by atoms with Gasteiger partial charge < -0.3 is 0 Å². The maximum absolute atomic E-state index is 6.17. The van der Waals surface area contributed by atoms with E-state index in [0.717, 1.165) is 0 Å². The fraction of sp³-hybridized carbons (Fsp3) is 1.00. The first-order valence-corrected chi connectivity index (χ1v) is 13.5. The molecule has 0 nitrogen and oxygen atoms in total. The molecule has 0 radical (unpaired) electrons. The molecule has 0 rings (SSSR count). The molecule has 0 fully saturated rings. The molecule has 0 unspecified atom stereocenters. The summed E-state index contributed by atoms with van der Waals surface area (Å²) in [5.41, 5.74) is 0. The minimum Gasteiger partial charge on any atom is -0.176 e. The summed E-state index contributed by atoms with van der Waals surface area (Å²) >= 11 is 6.17. The lowest BCUT2D eigenvalue weighted by Crippen LogP contribution is -2.28. The monoisotopic (exact) mass is 182 g/mol. The van der Waals surface area contributed by atoms with Crippen LogP contribution < -0.4 is 0 Å². The van der Waals surface area contributed by atoms with Gasteiger partial charge in [-0.3, -0.25) is 0 Å². The Kier molecular flexibility index (Phi) is 4.33. The van der Waals surface area contributed by atoms with Gasteiger partial charge in [0.05, 0.1) is 0 Å². The summed E-state index contributed by atoms with van der Waals surface area (Å²) in [5, 5.41) is 0. The minimum atomic E-state index is -0.928. The number of hydrogen-bond acceptors (Lipinski definition) is 0. The molecule has 0 aromatic carbocycles. The highest BCUT2D eigenvalue weighted by atomic mass is 35.6. The summed E-state index contributed by atoms with van der Waals surface area (Å²) in [6.07, 6.45) is 1.77. The van der Waals surface area contributed by atoms with E-state index in [1.807, 2.05) is 0 Å². The summed E-state index contributed by atoms with van der Waals surface area (Å²) in [6.45, 7) is 2.24. The van der Waals surface area contributed by atoms with E-state index in [9.17, 15) is 0 Å². The van der Waals surface area contributed by atoms with Crippen LogP contribution in [0.3, 0.4) is 0 Å². The van der Waals surface area contributed by atoms with Gasteiger partial charge in [0.25, 0.3) is 0 Å². The van der Waals surface area contributed by atoms with E-state index in [1.165, 1.54) is 38.4 Å². The van der Waals surface area contributed by atoms with Gasteiger partial charge >= 0.3 is 0 Å². The third-order valence-corrected chi connectivity index (χ3v) is 6.23. The molecule has 0 N–H and O–H groups in total. The number of halogens is 1. The maximum Gasteiger partial charge on any atom is 0.117 e. The van der Waals surface area contributed by atoms with Crippen molar-refractivity contribution in [3.63, 3.8) is 0 Å². The zero-order valence-electron chi connectivity index (χ0n) is 6.00. The van der Waals surface area contributed by atoms with E-state index in [0.29, 0.717) is 0 Å². The molecule has 0 amide bonds. The second kappa shape index (κ2) is 3.87. The van der Waals surface area contributed by atoms with Crippen LogP contribution in [0.5, 0.6) is 0 Å².